The van der Waals surface area contributed by atoms with E-state index in [0.29, 0.717) is 0 Å². The van der Waals surface area contributed by atoms with E-state index in [1.54, 1.807) is 13.8 Å². The van der Waals surface area contributed by atoms with Crippen LogP contribution in [0.2, 0.25) is 5.02 Å². The maximum Gasteiger partial charge on any atom is 0.339 e. The number of carbonyl (C=O) groups is 1. The molecule has 1 aromatic carbocycles. The number of ether oxygens (including phenoxy) is 2. The van der Waals surface area contributed by atoms with Crippen molar-refractivity contribution in [2.45, 2.75) is 26.1 Å². The molecule has 18 heavy (non-hydrogen) atoms. The van der Waals surface area contributed by atoms with Crippen LogP contribution in [0.5, 0.6) is 11.5 Å². The summed E-state index contributed by atoms with van der Waals surface area (Å²) in [5.74, 6) is -0.904. The lowest BCUT2D eigenvalue weighted by Crippen LogP contribution is -2.26. The van der Waals surface area contributed by atoms with Crippen LogP contribution in [0.15, 0.2) is 12.1 Å². The van der Waals surface area contributed by atoms with Crippen LogP contribution in [-0.2, 0) is 0 Å². The van der Waals surface area contributed by atoms with Gasteiger partial charge in [0.15, 0.2) is 11.5 Å². The first kappa shape index (κ1) is 14.6. The Morgan fingerprint density at radius 1 is 1.39 bits per heavy atom. The Labute approximate surface area is 110 Å². The van der Waals surface area contributed by atoms with Gasteiger partial charge in [-0.25, -0.2) is 4.79 Å². The smallest absolute Gasteiger partial charge is 0.339 e. The molecule has 0 saturated carbocycles. The normalized spacial score (nSPS) is 13.8. The van der Waals surface area contributed by atoms with Gasteiger partial charge >= 0.3 is 5.97 Å². The molecule has 0 fully saturated rings. The number of hydrogen-bond acceptors (Lipinski definition) is 4. The number of rotatable bonds is 5. The molecule has 2 unspecified atom stereocenters. The summed E-state index contributed by atoms with van der Waals surface area (Å²) in [5, 5.41) is 18.7. The second-order valence-electron chi connectivity index (χ2n) is 3.85. The number of aromatic carboxylic acids is 1. The van der Waals surface area contributed by atoms with E-state index in [0.717, 1.165) is 0 Å². The molecule has 0 radical (unpaired) electrons. The van der Waals surface area contributed by atoms with Crippen molar-refractivity contribution in [2.75, 3.05) is 7.11 Å². The van der Waals surface area contributed by atoms with Crippen LogP contribution in [0.3, 0.4) is 0 Å². The van der Waals surface area contributed by atoms with Crippen molar-refractivity contribution >= 4 is 17.6 Å². The molecule has 0 aliphatic heterocycles. The average molecular weight is 275 g/mol. The van der Waals surface area contributed by atoms with Gasteiger partial charge in [0.2, 0.25) is 0 Å². The molecule has 5 nitrogen and oxygen atoms in total. The summed E-state index contributed by atoms with van der Waals surface area (Å²) in [7, 11) is 1.39. The van der Waals surface area contributed by atoms with Gasteiger partial charge < -0.3 is 19.7 Å². The van der Waals surface area contributed by atoms with Crippen LogP contribution >= 0.6 is 11.6 Å². The van der Waals surface area contributed by atoms with Crippen molar-refractivity contribution in [1.82, 2.24) is 0 Å². The molecule has 100 valence electrons. The third-order valence-corrected chi connectivity index (χ3v) is 2.67. The number of carboxylic acid groups (broad SMARTS) is 1. The monoisotopic (exact) mass is 274 g/mol. The van der Waals surface area contributed by atoms with Gasteiger partial charge in [-0.05, 0) is 19.9 Å². The zero-order valence-corrected chi connectivity index (χ0v) is 11.1. The number of methoxy groups -OCH3 is 1. The van der Waals surface area contributed by atoms with Gasteiger partial charge in [-0.1, -0.05) is 11.6 Å². The predicted molar refractivity (Wildman–Crippen MR) is 66.7 cm³/mol. The minimum atomic E-state index is -1.18. The van der Waals surface area contributed by atoms with E-state index in [1.165, 1.54) is 19.2 Å². The van der Waals surface area contributed by atoms with Crippen molar-refractivity contribution in [2.24, 2.45) is 0 Å². The Balaban J connectivity index is 3.25. The number of hydrogen-bond donors (Lipinski definition) is 2. The maximum atomic E-state index is 11.1. The van der Waals surface area contributed by atoms with Gasteiger partial charge in [-0.3, -0.25) is 0 Å². The highest BCUT2D eigenvalue weighted by Crippen LogP contribution is 2.35. The first-order valence-corrected chi connectivity index (χ1v) is 5.70. The molecule has 0 saturated heterocycles. The fourth-order valence-electron chi connectivity index (χ4n) is 1.29. The summed E-state index contributed by atoms with van der Waals surface area (Å²) in [5.41, 5.74) is -0.105. The number of aliphatic hydroxyl groups excluding tert-OH is 1. The van der Waals surface area contributed by atoms with Crippen LogP contribution in [0.4, 0.5) is 0 Å². The lowest BCUT2D eigenvalue weighted by atomic mass is 10.1. The molecule has 2 atom stereocenters. The molecule has 1 aromatic rings. The first-order chi connectivity index (χ1) is 8.36. The highest BCUT2D eigenvalue weighted by atomic mass is 35.5. The molecule has 1 rings (SSSR count). The molecule has 2 N–H and O–H groups in total. The fourth-order valence-corrected chi connectivity index (χ4v) is 1.49. The average Bonchev–Trinajstić information content (AvgIpc) is 2.29. The van der Waals surface area contributed by atoms with Gasteiger partial charge in [0.1, 0.15) is 11.7 Å². The van der Waals surface area contributed by atoms with Crippen molar-refractivity contribution in [3.8, 4) is 11.5 Å². The maximum absolute atomic E-state index is 11.1. The van der Waals surface area contributed by atoms with E-state index in [9.17, 15) is 9.90 Å². The standard InChI is InChI=1S/C12H15ClO5/c1-6(14)7(2)18-11-9(12(15)16)4-8(13)5-10(11)17-3/h4-7,14H,1-3H3,(H,15,16). The summed E-state index contributed by atoms with van der Waals surface area (Å²) >= 11 is 5.80. The van der Waals surface area contributed by atoms with Crippen LogP contribution in [0.1, 0.15) is 24.2 Å². The van der Waals surface area contributed by atoms with Crippen molar-refractivity contribution in [3.05, 3.63) is 22.7 Å². The van der Waals surface area contributed by atoms with Crippen molar-refractivity contribution < 1.29 is 24.5 Å². The summed E-state index contributed by atoms with van der Waals surface area (Å²) in [6, 6.07) is 2.73. The Morgan fingerprint density at radius 2 is 2.00 bits per heavy atom. The summed E-state index contributed by atoms with van der Waals surface area (Å²) in [4.78, 5) is 11.1. The molecular formula is C12H15ClO5. The second-order valence-corrected chi connectivity index (χ2v) is 4.29. The van der Waals surface area contributed by atoms with Gasteiger partial charge in [0.05, 0.1) is 13.2 Å². The zero-order valence-electron chi connectivity index (χ0n) is 10.3. The van der Waals surface area contributed by atoms with E-state index >= 15 is 0 Å². The SMILES string of the molecule is COc1cc(Cl)cc(C(=O)O)c1OC(C)C(C)O. The molecular weight excluding hydrogens is 260 g/mol. The van der Waals surface area contributed by atoms with E-state index in [2.05, 4.69) is 0 Å². The Morgan fingerprint density at radius 3 is 2.44 bits per heavy atom. The highest BCUT2D eigenvalue weighted by Gasteiger charge is 2.21. The number of halogens is 1. The van der Waals surface area contributed by atoms with Gasteiger partial charge in [0.25, 0.3) is 0 Å². The third kappa shape index (κ3) is 3.27. The van der Waals surface area contributed by atoms with E-state index in [1.807, 2.05) is 0 Å². The van der Waals surface area contributed by atoms with Crippen LogP contribution in [-0.4, -0.2) is 35.5 Å². The molecule has 0 aliphatic rings. The molecule has 6 heteroatoms. The Bertz CT molecular complexity index is 444. The predicted octanol–water partition coefficient (Wildman–Crippen LogP) is 2.19. The largest absolute Gasteiger partial charge is 0.493 e. The van der Waals surface area contributed by atoms with Crippen molar-refractivity contribution in [1.29, 1.82) is 0 Å². The number of carboxylic acids is 1. The zero-order chi connectivity index (χ0) is 13.9. The molecule has 0 spiro atoms. The number of benzene rings is 1. The van der Waals surface area contributed by atoms with Crippen molar-refractivity contribution in [3.63, 3.8) is 0 Å². The Kier molecular flexibility index (Phi) is 4.81. The van der Waals surface area contributed by atoms with E-state index in [-0.39, 0.29) is 22.1 Å². The fraction of sp³-hybridized carbons (Fsp3) is 0.417. The molecule has 0 aromatic heterocycles. The van der Waals surface area contributed by atoms with Crippen LogP contribution < -0.4 is 9.47 Å². The quantitative estimate of drug-likeness (QED) is 0.861. The molecule has 0 amide bonds. The van der Waals surface area contributed by atoms with Crippen LogP contribution in [0.25, 0.3) is 0 Å². The molecule has 0 bridgehead atoms. The molecule has 0 heterocycles. The highest BCUT2D eigenvalue weighted by molar-refractivity contribution is 6.31. The minimum absolute atomic E-state index is 0.0581. The molecule has 0 aliphatic carbocycles. The van der Waals surface area contributed by atoms with Gasteiger partial charge in [0, 0.05) is 11.1 Å². The summed E-state index contributed by atoms with van der Waals surface area (Å²) < 4.78 is 10.5. The van der Waals surface area contributed by atoms with E-state index in [4.69, 9.17) is 26.2 Å². The minimum Gasteiger partial charge on any atom is -0.493 e. The lowest BCUT2D eigenvalue weighted by molar-refractivity contribution is 0.0544. The summed E-state index contributed by atoms with van der Waals surface area (Å²) in [6.45, 7) is 3.18. The lowest BCUT2D eigenvalue weighted by Gasteiger charge is -2.20. The summed E-state index contributed by atoms with van der Waals surface area (Å²) in [6.07, 6.45) is -1.31. The van der Waals surface area contributed by atoms with Gasteiger partial charge in [-0.2, -0.15) is 0 Å². The van der Waals surface area contributed by atoms with Crippen LogP contribution in [0, 0.1) is 0 Å². The van der Waals surface area contributed by atoms with E-state index < -0.39 is 18.2 Å². The second kappa shape index (κ2) is 5.93. The topological polar surface area (TPSA) is 76.0 Å². The Hall–Kier alpha value is -1.46. The third-order valence-electron chi connectivity index (χ3n) is 2.45. The number of aliphatic hydroxyl groups is 1. The first-order valence-electron chi connectivity index (χ1n) is 5.32. The van der Waals surface area contributed by atoms with Gasteiger partial charge in [-0.15, -0.1) is 0 Å².